The molecule has 0 atom stereocenters. The van der Waals surface area contributed by atoms with E-state index in [9.17, 15) is 4.79 Å². The van der Waals surface area contributed by atoms with E-state index in [1.54, 1.807) is 3.96 Å². The lowest BCUT2D eigenvalue weighted by molar-refractivity contribution is 0.311. The number of aliphatic hydroxyl groups excluding tert-OH is 1. The Balaban J connectivity index is 2.52. The fraction of sp³-hybridized carbons (Fsp3) is 0.357. The summed E-state index contributed by atoms with van der Waals surface area (Å²) in [4.78, 5) is 13.3. The van der Waals surface area contributed by atoms with Crippen LogP contribution in [0.2, 0.25) is 0 Å². The zero-order chi connectivity index (χ0) is 13.8. The number of anilines is 1. The second-order valence-electron chi connectivity index (χ2n) is 4.54. The van der Waals surface area contributed by atoms with Crippen LogP contribution in [0.5, 0.6) is 0 Å². The molecule has 0 saturated heterocycles. The van der Waals surface area contributed by atoms with Crippen molar-refractivity contribution in [2.75, 3.05) is 18.5 Å². The van der Waals surface area contributed by atoms with Gasteiger partial charge in [0.1, 0.15) is 5.69 Å². The maximum absolute atomic E-state index is 12.3. The number of rotatable bonds is 5. The highest BCUT2D eigenvalue weighted by atomic mass is 32.1. The standard InChI is InChI=1S/C14H18N2O2S/c1-10(2)16-14(18)12(15-8-9-17)13(19-16)11-6-4-3-5-7-11/h3-7,10,15,17H,8-9H2,1-2H3. The van der Waals surface area contributed by atoms with E-state index in [0.717, 1.165) is 10.4 Å². The Morgan fingerprint density at radius 2 is 2.00 bits per heavy atom. The first-order chi connectivity index (χ1) is 9.15. The van der Waals surface area contributed by atoms with Crippen LogP contribution in [-0.4, -0.2) is 22.2 Å². The molecule has 0 fully saturated rings. The molecule has 19 heavy (non-hydrogen) atoms. The van der Waals surface area contributed by atoms with Crippen LogP contribution in [-0.2, 0) is 0 Å². The lowest BCUT2D eigenvalue weighted by atomic mass is 10.2. The number of hydrogen-bond acceptors (Lipinski definition) is 4. The molecule has 2 N–H and O–H groups in total. The normalized spacial score (nSPS) is 10.9. The number of hydrogen-bond donors (Lipinski definition) is 2. The van der Waals surface area contributed by atoms with Crippen molar-refractivity contribution in [2.45, 2.75) is 19.9 Å². The predicted octanol–water partition coefficient (Wildman–Crippen LogP) is 2.56. The molecule has 0 aliphatic carbocycles. The number of aromatic nitrogens is 1. The Labute approximate surface area is 116 Å². The van der Waals surface area contributed by atoms with E-state index in [4.69, 9.17) is 5.11 Å². The van der Waals surface area contributed by atoms with E-state index >= 15 is 0 Å². The van der Waals surface area contributed by atoms with Crippen molar-refractivity contribution in [3.8, 4) is 10.4 Å². The minimum absolute atomic E-state index is 0.00515. The Bertz CT molecular complexity index is 587. The van der Waals surface area contributed by atoms with E-state index in [0.29, 0.717) is 12.2 Å². The van der Waals surface area contributed by atoms with Gasteiger partial charge in [0.05, 0.1) is 11.5 Å². The van der Waals surface area contributed by atoms with Crippen molar-refractivity contribution in [1.29, 1.82) is 0 Å². The van der Waals surface area contributed by atoms with Gasteiger partial charge in [0.15, 0.2) is 0 Å². The molecular weight excluding hydrogens is 260 g/mol. The summed E-state index contributed by atoms with van der Waals surface area (Å²) in [6.45, 7) is 4.36. The Morgan fingerprint density at radius 1 is 1.32 bits per heavy atom. The summed E-state index contributed by atoms with van der Waals surface area (Å²) in [6, 6.07) is 9.96. The molecule has 0 amide bonds. The van der Waals surface area contributed by atoms with E-state index < -0.39 is 0 Å². The van der Waals surface area contributed by atoms with Gasteiger partial charge in [-0.1, -0.05) is 41.9 Å². The first-order valence-corrected chi connectivity index (χ1v) is 7.08. The topological polar surface area (TPSA) is 54.3 Å². The zero-order valence-corrected chi connectivity index (χ0v) is 11.9. The maximum Gasteiger partial charge on any atom is 0.284 e. The molecule has 2 aromatic rings. The monoisotopic (exact) mass is 278 g/mol. The van der Waals surface area contributed by atoms with Crippen LogP contribution in [0.1, 0.15) is 19.9 Å². The summed E-state index contributed by atoms with van der Waals surface area (Å²) in [7, 11) is 0. The summed E-state index contributed by atoms with van der Waals surface area (Å²) in [6.07, 6.45) is 0. The largest absolute Gasteiger partial charge is 0.395 e. The summed E-state index contributed by atoms with van der Waals surface area (Å²) in [5.74, 6) is 0. The van der Waals surface area contributed by atoms with Crippen LogP contribution in [0, 0.1) is 0 Å². The Morgan fingerprint density at radius 3 is 2.58 bits per heavy atom. The summed E-state index contributed by atoms with van der Waals surface area (Å²) < 4.78 is 1.75. The molecule has 0 aliphatic rings. The van der Waals surface area contributed by atoms with Gasteiger partial charge in [-0.3, -0.25) is 8.75 Å². The molecule has 1 heterocycles. The van der Waals surface area contributed by atoms with E-state index in [1.165, 1.54) is 11.5 Å². The summed E-state index contributed by atoms with van der Waals surface area (Å²) >= 11 is 1.46. The van der Waals surface area contributed by atoms with Crippen LogP contribution in [0.3, 0.4) is 0 Å². The first-order valence-electron chi connectivity index (χ1n) is 6.31. The molecule has 0 spiro atoms. The molecule has 2 rings (SSSR count). The van der Waals surface area contributed by atoms with Gasteiger partial charge in [-0.05, 0) is 19.4 Å². The maximum atomic E-state index is 12.3. The minimum Gasteiger partial charge on any atom is -0.395 e. The van der Waals surface area contributed by atoms with Crippen LogP contribution >= 0.6 is 11.5 Å². The van der Waals surface area contributed by atoms with Crippen molar-refractivity contribution in [2.24, 2.45) is 0 Å². The molecule has 0 aliphatic heterocycles. The Kier molecular flexibility index (Phi) is 4.39. The van der Waals surface area contributed by atoms with Crippen LogP contribution in [0.15, 0.2) is 35.1 Å². The molecule has 0 unspecified atom stereocenters. The van der Waals surface area contributed by atoms with Gasteiger partial charge in [-0.2, -0.15) is 0 Å². The van der Waals surface area contributed by atoms with Gasteiger partial charge in [-0.15, -0.1) is 0 Å². The highest BCUT2D eigenvalue weighted by Crippen LogP contribution is 2.31. The van der Waals surface area contributed by atoms with Gasteiger partial charge >= 0.3 is 0 Å². The SMILES string of the molecule is CC(C)n1sc(-c2ccccc2)c(NCCO)c1=O. The van der Waals surface area contributed by atoms with Crippen LogP contribution in [0.4, 0.5) is 5.69 Å². The quantitative estimate of drug-likeness (QED) is 0.884. The minimum atomic E-state index is -0.0210. The molecule has 5 heteroatoms. The predicted molar refractivity (Wildman–Crippen MR) is 80.0 cm³/mol. The fourth-order valence-electron chi connectivity index (χ4n) is 1.86. The number of nitrogens with zero attached hydrogens (tertiary/aromatic N) is 1. The van der Waals surface area contributed by atoms with E-state index in [2.05, 4.69) is 5.32 Å². The molecule has 0 saturated carbocycles. The van der Waals surface area contributed by atoms with Crippen LogP contribution in [0.25, 0.3) is 10.4 Å². The van der Waals surface area contributed by atoms with E-state index in [1.807, 2.05) is 44.2 Å². The smallest absolute Gasteiger partial charge is 0.284 e. The van der Waals surface area contributed by atoms with Gasteiger partial charge in [0.25, 0.3) is 5.56 Å². The molecule has 4 nitrogen and oxygen atoms in total. The third-order valence-electron chi connectivity index (χ3n) is 2.75. The highest BCUT2D eigenvalue weighted by Gasteiger charge is 2.17. The number of aliphatic hydroxyl groups is 1. The zero-order valence-electron chi connectivity index (χ0n) is 11.1. The fourth-order valence-corrected chi connectivity index (χ4v) is 2.93. The average Bonchev–Trinajstić information content (AvgIpc) is 2.75. The van der Waals surface area contributed by atoms with Crippen molar-refractivity contribution in [3.05, 3.63) is 40.7 Å². The molecule has 1 aromatic carbocycles. The Hall–Kier alpha value is -1.59. The number of benzene rings is 1. The van der Waals surface area contributed by atoms with Gasteiger partial charge in [0.2, 0.25) is 0 Å². The van der Waals surface area contributed by atoms with Gasteiger partial charge in [-0.25, -0.2) is 0 Å². The van der Waals surface area contributed by atoms with Gasteiger partial charge < -0.3 is 10.4 Å². The van der Waals surface area contributed by atoms with Crippen LogP contribution < -0.4 is 10.9 Å². The van der Waals surface area contributed by atoms with Crippen molar-refractivity contribution in [3.63, 3.8) is 0 Å². The molecule has 1 aromatic heterocycles. The van der Waals surface area contributed by atoms with Crippen molar-refractivity contribution >= 4 is 17.2 Å². The molecule has 0 radical (unpaired) electrons. The molecule has 102 valence electrons. The second kappa shape index (κ2) is 6.04. The summed E-state index contributed by atoms with van der Waals surface area (Å²) in [5, 5.41) is 12.0. The first kappa shape index (κ1) is 13.8. The lowest BCUT2D eigenvalue weighted by Gasteiger charge is -2.03. The number of nitrogens with one attached hydrogen (secondary N) is 1. The lowest BCUT2D eigenvalue weighted by Crippen LogP contribution is -2.20. The van der Waals surface area contributed by atoms with Gasteiger partial charge in [0, 0.05) is 12.6 Å². The average molecular weight is 278 g/mol. The van der Waals surface area contributed by atoms with E-state index in [-0.39, 0.29) is 18.2 Å². The third kappa shape index (κ3) is 2.88. The third-order valence-corrected chi connectivity index (χ3v) is 4.16. The van der Waals surface area contributed by atoms with Crippen molar-refractivity contribution in [1.82, 2.24) is 3.96 Å². The molecular formula is C14H18N2O2S. The van der Waals surface area contributed by atoms with Crippen molar-refractivity contribution < 1.29 is 5.11 Å². The highest BCUT2D eigenvalue weighted by molar-refractivity contribution is 7.11. The summed E-state index contributed by atoms with van der Waals surface area (Å²) in [5.41, 5.74) is 1.58. The second-order valence-corrected chi connectivity index (χ2v) is 5.52. The molecule has 0 bridgehead atoms.